The van der Waals surface area contributed by atoms with Crippen LogP contribution < -0.4 is 0 Å². The van der Waals surface area contributed by atoms with Crippen LogP contribution in [0.2, 0.25) is 0 Å². The smallest absolute Gasteiger partial charge is 0.325 e. The van der Waals surface area contributed by atoms with Crippen molar-refractivity contribution in [1.82, 2.24) is 9.88 Å². The van der Waals surface area contributed by atoms with E-state index in [1.165, 1.54) is 6.07 Å². The number of carbonyl (C=O) groups is 1. The Morgan fingerprint density at radius 3 is 2.95 bits per heavy atom. The third-order valence-corrected chi connectivity index (χ3v) is 3.76. The lowest BCUT2D eigenvalue weighted by Crippen LogP contribution is -2.39. The summed E-state index contributed by atoms with van der Waals surface area (Å²) in [6.45, 7) is 1.00. The van der Waals surface area contributed by atoms with E-state index in [0.29, 0.717) is 18.7 Å². The number of hydrogen-bond donors (Lipinski definition) is 1. The summed E-state index contributed by atoms with van der Waals surface area (Å²) in [7, 11) is 0. The molecule has 1 aliphatic rings. The van der Waals surface area contributed by atoms with Gasteiger partial charge in [0.2, 0.25) is 0 Å². The minimum Gasteiger partial charge on any atom is -0.480 e. The number of nitrogens with zero attached hydrogens (tertiary/aromatic N) is 2. The van der Waals surface area contributed by atoms with Gasteiger partial charge in [-0.1, -0.05) is 24.3 Å². The number of hydrogen-bond acceptors (Lipinski definition) is 3. The van der Waals surface area contributed by atoms with Gasteiger partial charge in [0.15, 0.2) is 0 Å². The molecule has 1 aliphatic heterocycles. The summed E-state index contributed by atoms with van der Waals surface area (Å²) in [4.78, 5) is 17.3. The topological polar surface area (TPSA) is 53.4 Å². The van der Waals surface area contributed by atoms with Gasteiger partial charge in [-0.05, 0) is 29.2 Å². The van der Waals surface area contributed by atoms with Crippen molar-refractivity contribution in [1.29, 1.82) is 0 Å². The maximum Gasteiger partial charge on any atom is 0.325 e. The summed E-state index contributed by atoms with van der Waals surface area (Å²) < 4.78 is 13.2. The Hall–Kier alpha value is -2.27. The molecule has 0 amide bonds. The summed E-state index contributed by atoms with van der Waals surface area (Å²) in [5, 5.41) is 9.56. The third kappa shape index (κ3) is 2.78. The zero-order valence-electron chi connectivity index (χ0n) is 11.4. The van der Waals surface area contributed by atoms with Gasteiger partial charge < -0.3 is 5.11 Å². The Balaban J connectivity index is 1.91. The molecule has 1 N–H and O–H groups in total. The molecule has 0 spiro atoms. The molecule has 0 fully saturated rings. The highest BCUT2D eigenvalue weighted by molar-refractivity contribution is 5.76. The molecule has 0 radical (unpaired) electrons. The van der Waals surface area contributed by atoms with Crippen LogP contribution in [-0.4, -0.2) is 27.5 Å². The largest absolute Gasteiger partial charge is 0.480 e. The van der Waals surface area contributed by atoms with E-state index in [2.05, 4.69) is 4.98 Å². The van der Waals surface area contributed by atoms with Crippen LogP contribution in [0.4, 0.5) is 4.39 Å². The first-order chi connectivity index (χ1) is 10.1. The van der Waals surface area contributed by atoms with E-state index in [-0.39, 0.29) is 0 Å². The Kier molecular flexibility index (Phi) is 3.66. The maximum absolute atomic E-state index is 13.2. The number of pyridine rings is 1. The van der Waals surface area contributed by atoms with Gasteiger partial charge in [0.25, 0.3) is 0 Å². The molecule has 0 saturated heterocycles. The number of carboxylic acids is 1. The van der Waals surface area contributed by atoms with Crippen LogP contribution >= 0.6 is 0 Å². The van der Waals surface area contributed by atoms with Crippen molar-refractivity contribution in [3.8, 4) is 0 Å². The first kappa shape index (κ1) is 13.7. The summed E-state index contributed by atoms with van der Waals surface area (Å²) in [5.41, 5.74) is 2.57. The Labute approximate surface area is 121 Å². The van der Waals surface area contributed by atoms with Crippen molar-refractivity contribution < 1.29 is 14.3 Å². The molecule has 1 aromatic carbocycles. The van der Waals surface area contributed by atoms with E-state index in [4.69, 9.17) is 0 Å². The summed E-state index contributed by atoms with van der Waals surface area (Å²) in [6, 6.07) is 8.28. The van der Waals surface area contributed by atoms with Gasteiger partial charge in [0, 0.05) is 19.3 Å². The summed E-state index contributed by atoms with van der Waals surface area (Å²) in [5.74, 6) is -1.29. The van der Waals surface area contributed by atoms with Crippen molar-refractivity contribution in [2.75, 3.05) is 6.54 Å². The first-order valence-electron chi connectivity index (χ1n) is 6.79. The molecular formula is C16H15FN2O2. The number of carboxylic acid groups (broad SMARTS) is 1. The van der Waals surface area contributed by atoms with Gasteiger partial charge in [-0.15, -0.1) is 0 Å². The molecule has 108 valence electrons. The van der Waals surface area contributed by atoms with Gasteiger partial charge in [-0.2, -0.15) is 0 Å². The highest BCUT2D eigenvalue weighted by Gasteiger charge is 2.32. The van der Waals surface area contributed by atoms with Crippen molar-refractivity contribution >= 4 is 5.97 Å². The van der Waals surface area contributed by atoms with Crippen molar-refractivity contribution in [3.63, 3.8) is 0 Å². The van der Waals surface area contributed by atoms with E-state index >= 15 is 0 Å². The number of halogens is 1. The molecule has 21 heavy (non-hydrogen) atoms. The molecule has 0 saturated carbocycles. The number of benzene rings is 1. The standard InChI is InChI=1S/C16H15FN2O2/c17-13-7-11(8-18-9-13)10-19-6-5-12-3-1-2-4-14(12)15(19)16(20)21/h1-4,7-9,15H,5-6,10H2,(H,20,21). The van der Waals surface area contributed by atoms with Gasteiger partial charge in [-0.25, -0.2) is 4.39 Å². The third-order valence-electron chi connectivity index (χ3n) is 3.76. The highest BCUT2D eigenvalue weighted by atomic mass is 19.1. The number of fused-ring (bicyclic) bond motifs is 1. The van der Waals surface area contributed by atoms with Crippen molar-refractivity contribution in [3.05, 3.63) is 65.2 Å². The lowest BCUT2D eigenvalue weighted by Gasteiger charge is -2.34. The molecular weight excluding hydrogens is 271 g/mol. The summed E-state index contributed by atoms with van der Waals surface area (Å²) in [6.07, 6.45) is 3.51. The van der Waals surface area contributed by atoms with Gasteiger partial charge in [-0.3, -0.25) is 14.7 Å². The summed E-state index contributed by atoms with van der Waals surface area (Å²) >= 11 is 0. The average Bonchev–Trinajstić information content (AvgIpc) is 2.46. The van der Waals surface area contributed by atoms with Crippen LogP contribution in [0.1, 0.15) is 22.7 Å². The van der Waals surface area contributed by atoms with Crippen molar-refractivity contribution in [2.45, 2.75) is 19.0 Å². The quantitative estimate of drug-likeness (QED) is 0.941. The fourth-order valence-corrected chi connectivity index (χ4v) is 2.85. The Morgan fingerprint density at radius 1 is 1.38 bits per heavy atom. The fourth-order valence-electron chi connectivity index (χ4n) is 2.85. The van der Waals surface area contributed by atoms with Gasteiger partial charge >= 0.3 is 5.97 Å². The number of aromatic nitrogens is 1. The lowest BCUT2D eigenvalue weighted by atomic mass is 9.92. The second-order valence-electron chi connectivity index (χ2n) is 5.17. The minimum atomic E-state index is -0.883. The van der Waals surface area contributed by atoms with E-state index < -0.39 is 17.8 Å². The Bertz CT molecular complexity index is 675. The van der Waals surface area contributed by atoms with Crippen molar-refractivity contribution in [2.24, 2.45) is 0 Å². The molecule has 3 rings (SSSR count). The molecule has 1 unspecified atom stereocenters. The fraction of sp³-hybridized carbons (Fsp3) is 0.250. The van der Waals surface area contributed by atoms with E-state index in [1.54, 1.807) is 6.20 Å². The molecule has 1 aromatic heterocycles. The molecule has 4 nitrogen and oxygen atoms in total. The van der Waals surface area contributed by atoms with Crippen LogP contribution in [0.25, 0.3) is 0 Å². The number of aliphatic carboxylic acids is 1. The number of rotatable bonds is 3. The second kappa shape index (κ2) is 5.61. The van der Waals surface area contributed by atoms with Gasteiger partial charge in [0.05, 0.1) is 6.20 Å². The molecule has 0 bridgehead atoms. The van der Waals surface area contributed by atoms with Crippen LogP contribution in [0.15, 0.2) is 42.7 Å². The normalized spacial score (nSPS) is 18.2. The second-order valence-corrected chi connectivity index (χ2v) is 5.17. The zero-order valence-corrected chi connectivity index (χ0v) is 11.4. The zero-order chi connectivity index (χ0) is 14.8. The molecule has 5 heteroatoms. The van der Waals surface area contributed by atoms with Crippen LogP contribution in [0, 0.1) is 5.82 Å². The van der Waals surface area contributed by atoms with Crippen LogP contribution in [0.3, 0.4) is 0 Å². The lowest BCUT2D eigenvalue weighted by molar-refractivity contribution is -0.144. The molecule has 2 heterocycles. The van der Waals surface area contributed by atoms with E-state index in [0.717, 1.165) is 23.7 Å². The highest BCUT2D eigenvalue weighted by Crippen LogP contribution is 2.31. The van der Waals surface area contributed by atoms with E-state index in [9.17, 15) is 14.3 Å². The predicted octanol–water partition coefficient (Wildman–Crippen LogP) is 2.40. The predicted molar refractivity (Wildman–Crippen MR) is 75.1 cm³/mol. The van der Waals surface area contributed by atoms with Crippen LogP contribution in [0.5, 0.6) is 0 Å². The molecule has 2 aromatic rings. The molecule has 1 atom stereocenters. The van der Waals surface area contributed by atoms with E-state index in [1.807, 2.05) is 29.2 Å². The average molecular weight is 286 g/mol. The monoisotopic (exact) mass is 286 g/mol. The minimum absolute atomic E-state index is 0.371. The first-order valence-corrected chi connectivity index (χ1v) is 6.79. The maximum atomic E-state index is 13.2. The van der Waals surface area contributed by atoms with Crippen LogP contribution in [-0.2, 0) is 17.8 Å². The SMILES string of the molecule is O=C(O)C1c2ccccc2CCN1Cc1cncc(F)c1. The molecule has 0 aliphatic carbocycles. The Morgan fingerprint density at radius 2 is 2.19 bits per heavy atom. The van der Waals surface area contributed by atoms with Gasteiger partial charge in [0.1, 0.15) is 11.9 Å².